The highest BCUT2D eigenvalue weighted by atomic mass is 35.5. The zero-order valence-electron chi connectivity index (χ0n) is 13.6. The number of aliphatic hydroxyl groups is 1. The third-order valence-electron chi connectivity index (χ3n) is 3.76. The normalized spacial score (nSPS) is 12.2. The maximum atomic E-state index is 9.67. The fourth-order valence-electron chi connectivity index (χ4n) is 2.51. The minimum absolute atomic E-state index is 0.479. The van der Waals surface area contributed by atoms with Crippen LogP contribution in [0.15, 0.2) is 54.6 Å². The SMILES string of the molecule is CCOc1ccc(Oc2ccc3cc(C(C)O)ccc3c2)c(Cl)c1. The molecule has 0 saturated carbocycles. The summed E-state index contributed by atoms with van der Waals surface area (Å²) in [6.45, 7) is 4.28. The van der Waals surface area contributed by atoms with Gasteiger partial charge >= 0.3 is 0 Å². The van der Waals surface area contributed by atoms with Crippen molar-refractivity contribution < 1.29 is 14.6 Å². The van der Waals surface area contributed by atoms with Crippen molar-refractivity contribution in [3.8, 4) is 17.2 Å². The molecule has 0 bridgehead atoms. The van der Waals surface area contributed by atoms with E-state index in [2.05, 4.69) is 0 Å². The fourth-order valence-corrected chi connectivity index (χ4v) is 2.72. The Labute approximate surface area is 146 Å². The minimum atomic E-state index is -0.479. The second-order valence-electron chi connectivity index (χ2n) is 5.57. The average Bonchev–Trinajstić information content (AvgIpc) is 2.57. The van der Waals surface area contributed by atoms with Crippen LogP contribution < -0.4 is 9.47 Å². The standard InChI is InChI=1S/C20H19ClO3/c1-3-23-17-8-9-20(19(21)12-17)24-18-7-6-15-10-14(13(2)22)4-5-16(15)11-18/h4-13,22H,3H2,1-2H3. The van der Waals surface area contributed by atoms with E-state index in [0.717, 1.165) is 22.1 Å². The van der Waals surface area contributed by atoms with Crippen molar-refractivity contribution in [1.82, 2.24) is 0 Å². The van der Waals surface area contributed by atoms with E-state index in [4.69, 9.17) is 21.1 Å². The summed E-state index contributed by atoms with van der Waals surface area (Å²) >= 11 is 6.26. The summed E-state index contributed by atoms with van der Waals surface area (Å²) in [6.07, 6.45) is -0.479. The van der Waals surface area contributed by atoms with Crippen molar-refractivity contribution in [3.05, 3.63) is 65.2 Å². The minimum Gasteiger partial charge on any atom is -0.494 e. The second kappa shape index (κ2) is 7.12. The van der Waals surface area contributed by atoms with Crippen LogP contribution in [0.1, 0.15) is 25.5 Å². The number of fused-ring (bicyclic) bond motifs is 1. The van der Waals surface area contributed by atoms with Gasteiger partial charge in [-0.2, -0.15) is 0 Å². The molecule has 0 aliphatic heterocycles. The molecular formula is C20H19ClO3. The van der Waals surface area contributed by atoms with Crippen molar-refractivity contribution in [3.63, 3.8) is 0 Å². The number of rotatable bonds is 5. The molecule has 1 atom stereocenters. The average molecular weight is 343 g/mol. The largest absolute Gasteiger partial charge is 0.494 e. The van der Waals surface area contributed by atoms with E-state index >= 15 is 0 Å². The smallest absolute Gasteiger partial charge is 0.146 e. The second-order valence-corrected chi connectivity index (χ2v) is 5.98. The van der Waals surface area contributed by atoms with Crippen molar-refractivity contribution in [1.29, 1.82) is 0 Å². The van der Waals surface area contributed by atoms with Gasteiger partial charge < -0.3 is 14.6 Å². The van der Waals surface area contributed by atoms with Crippen molar-refractivity contribution in [2.24, 2.45) is 0 Å². The Hall–Kier alpha value is -2.23. The van der Waals surface area contributed by atoms with Gasteiger partial charge in [0.2, 0.25) is 0 Å². The van der Waals surface area contributed by atoms with Gasteiger partial charge in [0, 0.05) is 6.07 Å². The Kier molecular flexibility index (Phi) is 4.93. The van der Waals surface area contributed by atoms with Crippen LogP contribution in [0.5, 0.6) is 17.2 Å². The van der Waals surface area contributed by atoms with Crippen molar-refractivity contribution in [2.75, 3.05) is 6.61 Å². The molecule has 0 radical (unpaired) electrons. The van der Waals surface area contributed by atoms with Crippen LogP contribution in [0.4, 0.5) is 0 Å². The van der Waals surface area contributed by atoms with Gasteiger partial charge in [0.05, 0.1) is 17.7 Å². The van der Waals surface area contributed by atoms with Gasteiger partial charge in [0.15, 0.2) is 0 Å². The fraction of sp³-hybridized carbons (Fsp3) is 0.200. The van der Waals surface area contributed by atoms with Crippen LogP contribution in [0.25, 0.3) is 10.8 Å². The number of hydrogen-bond donors (Lipinski definition) is 1. The van der Waals surface area contributed by atoms with E-state index in [1.807, 2.05) is 49.4 Å². The molecule has 124 valence electrons. The lowest BCUT2D eigenvalue weighted by Crippen LogP contribution is -1.92. The molecule has 0 saturated heterocycles. The third-order valence-corrected chi connectivity index (χ3v) is 4.06. The van der Waals surface area contributed by atoms with E-state index in [9.17, 15) is 5.11 Å². The quantitative estimate of drug-likeness (QED) is 0.642. The maximum Gasteiger partial charge on any atom is 0.146 e. The molecule has 3 aromatic rings. The molecule has 24 heavy (non-hydrogen) atoms. The molecule has 0 heterocycles. The van der Waals surface area contributed by atoms with Gasteiger partial charge in [-0.25, -0.2) is 0 Å². The van der Waals surface area contributed by atoms with Crippen LogP contribution in [0.3, 0.4) is 0 Å². The lowest BCUT2D eigenvalue weighted by atomic mass is 10.0. The van der Waals surface area contributed by atoms with E-state index < -0.39 is 6.10 Å². The summed E-state index contributed by atoms with van der Waals surface area (Å²) in [4.78, 5) is 0. The van der Waals surface area contributed by atoms with Crippen LogP contribution in [0.2, 0.25) is 5.02 Å². The summed E-state index contributed by atoms with van der Waals surface area (Å²) in [7, 11) is 0. The van der Waals surface area contributed by atoms with Gasteiger partial charge in [0.1, 0.15) is 17.2 Å². The highest BCUT2D eigenvalue weighted by molar-refractivity contribution is 6.32. The number of hydrogen-bond acceptors (Lipinski definition) is 3. The molecule has 1 unspecified atom stereocenters. The molecule has 3 nitrogen and oxygen atoms in total. The molecule has 0 aliphatic rings. The summed E-state index contributed by atoms with van der Waals surface area (Å²) < 4.78 is 11.3. The first kappa shape index (κ1) is 16.6. The zero-order valence-corrected chi connectivity index (χ0v) is 14.4. The highest BCUT2D eigenvalue weighted by Crippen LogP contribution is 2.34. The predicted octanol–water partition coefficient (Wildman–Crippen LogP) is 5.74. The van der Waals surface area contributed by atoms with Gasteiger partial charge in [-0.15, -0.1) is 0 Å². The van der Waals surface area contributed by atoms with E-state index in [0.29, 0.717) is 23.1 Å². The molecule has 1 N–H and O–H groups in total. The summed E-state index contributed by atoms with van der Waals surface area (Å²) in [5.41, 5.74) is 0.894. The molecule has 4 heteroatoms. The molecule has 0 fully saturated rings. The Balaban J connectivity index is 1.86. The molecule has 0 spiro atoms. The lowest BCUT2D eigenvalue weighted by Gasteiger charge is -2.11. The molecule has 0 aliphatic carbocycles. The Morgan fingerprint density at radius 1 is 0.958 bits per heavy atom. The summed E-state index contributed by atoms with van der Waals surface area (Å²) in [6, 6.07) is 17.1. The predicted molar refractivity (Wildman–Crippen MR) is 97.3 cm³/mol. The molecule has 0 amide bonds. The molecule has 3 rings (SSSR count). The zero-order chi connectivity index (χ0) is 17.1. The van der Waals surface area contributed by atoms with Crippen LogP contribution >= 0.6 is 11.6 Å². The number of halogens is 1. The van der Waals surface area contributed by atoms with Gasteiger partial charge in [-0.3, -0.25) is 0 Å². The van der Waals surface area contributed by atoms with Gasteiger partial charge in [0.25, 0.3) is 0 Å². The number of aliphatic hydroxyl groups excluding tert-OH is 1. The molecule has 0 aromatic heterocycles. The summed E-state index contributed by atoms with van der Waals surface area (Å²) in [5, 5.41) is 12.3. The van der Waals surface area contributed by atoms with Gasteiger partial charge in [-0.05, 0) is 60.5 Å². The van der Waals surface area contributed by atoms with Crippen LogP contribution in [-0.2, 0) is 0 Å². The van der Waals surface area contributed by atoms with Crippen molar-refractivity contribution in [2.45, 2.75) is 20.0 Å². The first-order valence-electron chi connectivity index (χ1n) is 7.89. The van der Waals surface area contributed by atoms with E-state index in [1.54, 1.807) is 19.1 Å². The Bertz CT molecular complexity index is 859. The summed E-state index contributed by atoms with van der Waals surface area (Å²) in [5.74, 6) is 2.01. The molecular weight excluding hydrogens is 324 g/mol. The topological polar surface area (TPSA) is 38.7 Å². The van der Waals surface area contributed by atoms with Gasteiger partial charge in [-0.1, -0.05) is 29.8 Å². The first-order chi connectivity index (χ1) is 11.6. The number of benzene rings is 3. The first-order valence-corrected chi connectivity index (χ1v) is 8.26. The third kappa shape index (κ3) is 3.64. The van der Waals surface area contributed by atoms with Crippen LogP contribution in [-0.4, -0.2) is 11.7 Å². The molecule has 3 aromatic carbocycles. The van der Waals surface area contributed by atoms with Crippen LogP contribution in [0, 0.1) is 0 Å². The van der Waals surface area contributed by atoms with Crippen molar-refractivity contribution >= 4 is 22.4 Å². The number of ether oxygens (including phenoxy) is 2. The lowest BCUT2D eigenvalue weighted by molar-refractivity contribution is 0.199. The monoisotopic (exact) mass is 342 g/mol. The Morgan fingerprint density at radius 3 is 2.38 bits per heavy atom. The highest BCUT2D eigenvalue weighted by Gasteiger charge is 2.07. The van der Waals surface area contributed by atoms with E-state index in [-0.39, 0.29) is 0 Å². The van der Waals surface area contributed by atoms with E-state index in [1.165, 1.54) is 0 Å². The maximum absolute atomic E-state index is 9.67. The Morgan fingerprint density at radius 2 is 1.67 bits per heavy atom.